The highest BCUT2D eigenvalue weighted by atomic mass is 16.5. The first-order chi connectivity index (χ1) is 11.2. The Bertz CT molecular complexity index is 297. The fraction of sp³-hybridized carbons (Fsp3) is 0.850. The van der Waals surface area contributed by atoms with Crippen LogP contribution in [0, 0.1) is 0 Å². The van der Waals surface area contributed by atoms with Gasteiger partial charge in [0.15, 0.2) is 0 Å². The molecule has 0 aliphatic carbocycles. The number of carbonyl (C=O) groups excluding carboxylic acids is 1. The van der Waals surface area contributed by atoms with E-state index in [9.17, 15) is 4.79 Å². The zero-order valence-electron chi connectivity index (χ0n) is 15.4. The van der Waals surface area contributed by atoms with E-state index in [4.69, 9.17) is 9.84 Å². The highest BCUT2D eigenvalue weighted by Crippen LogP contribution is 2.13. The van der Waals surface area contributed by atoms with Crippen molar-refractivity contribution in [3.05, 3.63) is 11.8 Å². The standard InChI is InChI=1S/C20H38O3/c1-3-4-5-6-7-8-9-10-11-12-13-14-15-16-17-23-20(22)19(2)18-21/h18,21H,3-17H2,1-2H3. The molecule has 0 unspecified atom stereocenters. The predicted octanol–water partition coefficient (Wildman–Crippen LogP) is 6.47. The Hall–Kier alpha value is -0.990. The molecule has 0 aromatic heterocycles. The minimum atomic E-state index is -0.415. The van der Waals surface area contributed by atoms with Crippen LogP contribution in [0.15, 0.2) is 11.8 Å². The summed E-state index contributed by atoms with van der Waals surface area (Å²) >= 11 is 0. The Morgan fingerprint density at radius 2 is 1.17 bits per heavy atom. The minimum absolute atomic E-state index is 0.260. The summed E-state index contributed by atoms with van der Waals surface area (Å²) in [6.45, 7) is 4.28. The van der Waals surface area contributed by atoms with Crippen LogP contribution in [0.1, 0.15) is 104 Å². The van der Waals surface area contributed by atoms with Gasteiger partial charge >= 0.3 is 5.97 Å². The predicted molar refractivity (Wildman–Crippen MR) is 97.7 cm³/mol. The van der Waals surface area contributed by atoms with Gasteiger partial charge in [0.05, 0.1) is 18.4 Å². The molecule has 0 heterocycles. The number of hydrogen-bond donors (Lipinski definition) is 1. The minimum Gasteiger partial charge on any atom is -0.515 e. The van der Waals surface area contributed by atoms with Crippen LogP contribution in [0.4, 0.5) is 0 Å². The van der Waals surface area contributed by atoms with Crippen molar-refractivity contribution in [2.45, 2.75) is 104 Å². The van der Waals surface area contributed by atoms with Crippen molar-refractivity contribution in [3.63, 3.8) is 0 Å². The number of carbonyl (C=O) groups is 1. The average Bonchev–Trinajstić information content (AvgIpc) is 2.57. The lowest BCUT2D eigenvalue weighted by molar-refractivity contribution is -0.139. The molecule has 0 atom stereocenters. The fourth-order valence-corrected chi connectivity index (χ4v) is 2.63. The van der Waals surface area contributed by atoms with E-state index < -0.39 is 5.97 Å². The third-order valence-electron chi connectivity index (χ3n) is 4.25. The molecule has 0 fully saturated rings. The van der Waals surface area contributed by atoms with Gasteiger partial charge in [0, 0.05) is 0 Å². The molecule has 0 rings (SSSR count). The molecule has 0 spiro atoms. The first-order valence-corrected chi connectivity index (χ1v) is 9.70. The van der Waals surface area contributed by atoms with Crippen LogP contribution in [0.2, 0.25) is 0 Å². The van der Waals surface area contributed by atoms with Crippen molar-refractivity contribution >= 4 is 5.97 Å². The van der Waals surface area contributed by atoms with Crippen LogP contribution in [0.5, 0.6) is 0 Å². The Morgan fingerprint density at radius 1 is 0.783 bits per heavy atom. The Kier molecular flexibility index (Phi) is 16.6. The first kappa shape index (κ1) is 22.0. The molecule has 0 aromatic rings. The van der Waals surface area contributed by atoms with Gasteiger partial charge in [0.25, 0.3) is 0 Å². The SMILES string of the molecule is CCCCCCCCCCCCCCCCOC(=O)C(C)=CO. The van der Waals surface area contributed by atoms with Crippen molar-refractivity contribution < 1.29 is 14.6 Å². The highest BCUT2D eigenvalue weighted by molar-refractivity contribution is 5.87. The molecule has 0 aromatic carbocycles. The number of unbranched alkanes of at least 4 members (excludes halogenated alkanes) is 13. The van der Waals surface area contributed by atoms with Crippen LogP contribution in [-0.2, 0) is 9.53 Å². The van der Waals surface area contributed by atoms with Gasteiger partial charge in [-0.25, -0.2) is 4.79 Å². The van der Waals surface area contributed by atoms with Crippen molar-refractivity contribution in [3.8, 4) is 0 Å². The molecule has 0 aliphatic rings. The number of hydrogen-bond acceptors (Lipinski definition) is 3. The maximum Gasteiger partial charge on any atom is 0.336 e. The normalized spacial score (nSPS) is 11.7. The molecule has 1 N–H and O–H groups in total. The number of ether oxygens (including phenoxy) is 1. The summed E-state index contributed by atoms with van der Waals surface area (Å²) in [5, 5.41) is 8.67. The number of rotatable bonds is 16. The summed E-state index contributed by atoms with van der Waals surface area (Å²) < 4.78 is 5.03. The Morgan fingerprint density at radius 3 is 1.57 bits per heavy atom. The maximum atomic E-state index is 11.3. The van der Waals surface area contributed by atoms with Gasteiger partial charge in [-0.05, 0) is 13.3 Å². The lowest BCUT2D eigenvalue weighted by atomic mass is 10.0. The number of esters is 1. The van der Waals surface area contributed by atoms with E-state index in [1.807, 2.05) is 0 Å². The molecular weight excluding hydrogens is 288 g/mol. The zero-order valence-corrected chi connectivity index (χ0v) is 15.4. The van der Waals surface area contributed by atoms with Crippen LogP contribution in [-0.4, -0.2) is 17.7 Å². The van der Waals surface area contributed by atoms with Crippen molar-refractivity contribution in [1.82, 2.24) is 0 Å². The topological polar surface area (TPSA) is 46.5 Å². The lowest BCUT2D eigenvalue weighted by Gasteiger charge is -2.05. The van der Waals surface area contributed by atoms with E-state index >= 15 is 0 Å². The largest absolute Gasteiger partial charge is 0.515 e. The van der Waals surface area contributed by atoms with E-state index in [1.54, 1.807) is 6.92 Å². The summed E-state index contributed by atoms with van der Waals surface area (Å²) in [5.74, 6) is -0.415. The monoisotopic (exact) mass is 326 g/mol. The third-order valence-corrected chi connectivity index (χ3v) is 4.25. The molecule has 136 valence electrons. The van der Waals surface area contributed by atoms with Crippen LogP contribution in [0.3, 0.4) is 0 Å². The number of aliphatic hydroxyl groups is 1. The van der Waals surface area contributed by atoms with Gasteiger partial charge in [0.2, 0.25) is 0 Å². The van der Waals surface area contributed by atoms with Gasteiger partial charge in [-0.1, -0.05) is 90.4 Å². The summed E-state index contributed by atoms with van der Waals surface area (Å²) in [5.41, 5.74) is 0.260. The van der Waals surface area contributed by atoms with Crippen molar-refractivity contribution in [2.75, 3.05) is 6.61 Å². The molecule has 0 saturated heterocycles. The molecule has 23 heavy (non-hydrogen) atoms. The maximum absolute atomic E-state index is 11.3. The Labute approximate surface area is 143 Å². The van der Waals surface area contributed by atoms with E-state index in [2.05, 4.69) is 6.92 Å². The van der Waals surface area contributed by atoms with Crippen LogP contribution >= 0.6 is 0 Å². The molecule has 0 bridgehead atoms. The van der Waals surface area contributed by atoms with Crippen LogP contribution < -0.4 is 0 Å². The molecule has 0 amide bonds. The summed E-state index contributed by atoms with van der Waals surface area (Å²) in [7, 11) is 0. The Balaban J connectivity index is 3.12. The highest BCUT2D eigenvalue weighted by Gasteiger charge is 2.04. The van der Waals surface area contributed by atoms with Gasteiger partial charge in [0.1, 0.15) is 0 Å². The molecular formula is C20H38O3. The second-order valence-electron chi connectivity index (χ2n) is 6.54. The molecule has 3 nitrogen and oxygen atoms in total. The first-order valence-electron chi connectivity index (χ1n) is 9.70. The lowest BCUT2D eigenvalue weighted by Crippen LogP contribution is -2.07. The second kappa shape index (κ2) is 17.4. The molecule has 0 saturated carbocycles. The molecule has 0 aliphatic heterocycles. The third kappa shape index (κ3) is 15.7. The van der Waals surface area contributed by atoms with Gasteiger partial charge in [-0.3, -0.25) is 0 Å². The molecule has 0 radical (unpaired) electrons. The van der Waals surface area contributed by atoms with E-state index in [0.29, 0.717) is 6.61 Å². The smallest absolute Gasteiger partial charge is 0.336 e. The van der Waals surface area contributed by atoms with Crippen LogP contribution in [0.25, 0.3) is 0 Å². The van der Waals surface area contributed by atoms with E-state index in [0.717, 1.165) is 19.1 Å². The van der Waals surface area contributed by atoms with Gasteiger partial charge in [-0.2, -0.15) is 0 Å². The zero-order chi connectivity index (χ0) is 17.2. The molecule has 3 heteroatoms. The summed E-state index contributed by atoms with van der Waals surface area (Å²) in [6, 6.07) is 0. The van der Waals surface area contributed by atoms with Gasteiger partial charge in [-0.15, -0.1) is 0 Å². The van der Waals surface area contributed by atoms with Crippen molar-refractivity contribution in [1.29, 1.82) is 0 Å². The van der Waals surface area contributed by atoms with E-state index in [1.165, 1.54) is 77.0 Å². The average molecular weight is 327 g/mol. The van der Waals surface area contributed by atoms with Gasteiger partial charge < -0.3 is 9.84 Å². The number of aliphatic hydroxyl groups excluding tert-OH is 1. The fourth-order valence-electron chi connectivity index (χ4n) is 2.63. The van der Waals surface area contributed by atoms with E-state index in [-0.39, 0.29) is 5.57 Å². The summed E-state index contributed by atoms with van der Waals surface area (Å²) in [4.78, 5) is 11.3. The summed E-state index contributed by atoms with van der Waals surface area (Å²) in [6.07, 6.45) is 19.3. The van der Waals surface area contributed by atoms with Crippen molar-refractivity contribution in [2.24, 2.45) is 0 Å². The second-order valence-corrected chi connectivity index (χ2v) is 6.54. The quantitative estimate of drug-likeness (QED) is 0.153.